The van der Waals surface area contributed by atoms with Crippen LogP contribution in [-0.4, -0.2) is 64.7 Å². The molecule has 2 aromatic carbocycles. The Hall–Kier alpha value is -4.03. The van der Waals surface area contributed by atoms with Crippen molar-refractivity contribution in [2.75, 3.05) is 52.8 Å². The van der Waals surface area contributed by atoms with Gasteiger partial charge in [-0.05, 0) is 68.2 Å². The van der Waals surface area contributed by atoms with Gasteiger partial charge in [0.2, 0.25) is 11.9 Å². The third kappa shape index (κ3) is 10.2. The van der Waals surface area contributed by atoms with E-state index in [0.29, 0.717) is 18.7 Å². The van der Waals surface area contributed by atoms with Gasteiger partial charge in [-0.1, -0.05) is 24.3 Å². The van der Waals surface area contributed by atoms with Crippen molar-refractivity contribution in [1.82, 2.24) is 10.2 Å². The molecule has 9 heteroatoms. The molecule has 3 N–H and O–H groups in total. The first-order chi connectivity index (χ1) is 17.9. The number of hydrogen-bond acceptors (Lipinski definition) is 6. The SMILES string of the molecule is CN=C(N)N(C#N)c1ccc(/C=C/CC(=O)NCCCCN(C)CCc2cc(OC)cc(OC)c2)cc1. The molecular weight excluding hydrogens is 468 g/mol. The number of nitrogens with zero attached hydrogens (tertiary/aromatic N) is 4. The fourth-order valence-electron chi connectivity index (χ4n) is 3.63. The Labute approximate surface area is 220 Å². The molecule has 2 aromatic rings. The average molecular weight is 507 g/mol. The van der Waals surface area contributed by atoms with Gasteiger partial charge in [-0.3, -0.25) is 9.79 Å². The van der Waals surface area contributed by atoms with Crippen LogP contribution in [-0.2, 0) is 11.2 Å². The molecule has 0 aromatic heterocycles. The van der Waals surface area contributed by atoms with Crippen LogP contribution < -0.4 is 25.4 Å². The Morgan fingerprint density at radius 1 is 1.11 bits per heavy atom. The number of aliphatic imine (C=N–C) groups is 1. The lowest BCUT2D eigenvalue weighted by molar-refractivity contribution is -0.120. The van der Waals surface area contributed by atoms with Crippen LogP contribution in [0.2, 0.25) is 0 Å². The number of amides is 1. The minimum Gasteiger partial charge on any atom is -0.497 e. The number of rotatable bonds is 14. The summed E-state index contributed by atoms with van der Waals surface area (Å²) in [7, 11) is 6.96. The van der Waals surface area contributed by atoms with Gasteiger partial charge in [0.1, 0.15) is 11.5 Å². The predicted molar refractivity (Wildman–Crippen MR) is 149 cm³/mol. The lowest BCUT2D eigenvalue weighted by Gasteiger charge is -2.17. The number of ether oxygens (including phenoxy) is 2. The maximum atomic E-state index is 12.1. The first-order valence-electron chi connectivity index (χ1n) is 12.3. The van der Waals surface area contributed by atoms with E-state index in [4.69, 9.17) is 15.2 Å². The number of nitrogens with one attached hydrogen (secondary N) is 1. The van der Waals surface area contributed by atoms with Crippen LogP contribution >= 0.6 is 0 Å². The van der Waals surface area contributed by atoms with E-state index in [9.17, 15) is 10.1 Å². The van der Waals surface area contributed by atoms with Crippen molar-refractivity contribution in [3.63, 3.8) is 0 Å². The van der Waals surface area contributed by atoms with Gasteiger partial charge in [-0.15, -0.1) is 0 Å². The van der Waals surface area contributed by atoms with Crippen molar-refractivity contribution in [2.45, 2.75) is 25.7 Å². The van der Waals surface area contributed by atoms with Crippen LogP contribution in [0.3, 0.4) is 0 Å². The molecule has 0 atom stereocenters. The summed E-state index contributed by atoms with van der Waals surface area (Å²) in [4.78, 5) is 19.5. The zero-order valence-electron chi connectivity index (χ0n) is 22.2. The molecule has 0 saturated carbocycles. The lowest BCUT2D eigenvalue weighted by Crippen LogP contribution is -2.33. The Kier molecular flexibility index (Phi) is 12.5. The summed E-state index contributed by atoms with van der Waals surface area (Å²) in [6, 6.07) is 13.2. The van der Waals surface area contributed by atoms with Crippen LogP contribution in [0.5, 0.6) is 11.5 Å². The van der Waals surface area contributed by atoms with Crippen LogP contribution in [0.15, 0.2) is 53.5 Å². The van der Waals surface area contributed by atoms with Crippen molar-refractivity contribution < 1.29 is 14.3 Å². The summed E-state index contributed by atoms with van der Waals surface area (Å²) in [5.41, 5.74) is 8.46. The number of carbonyl (C=O) groups is 1. The van der Waals surface area contributed by atoms with Crippen molar-refractivity contribution in [3.05, 3.63) is 59.7 Å². The molecule has 0 fully saturated rings. The number of likely N-dealkylation sites (N-methyl/N-ethyl adjacent to an activating group) is 1. The van der Waals surface area contributed by atoms with E-state index in [2.05, 4.69) is 22.3 Å². The molecule has 0 aliphatic carbocycles. The maximum absolute atomic E-state index is 12.1. The van der Waals surface area contributed by atoms with Gasteiger partial charge in [-0.25, -0.2) is 4.90 Å². The quantitative estimate of drug-likeness (QED) is 0.133. The second-order valence-corrected chi connectivity index (χ2v) is 8.55. The zero-order valence-corrected chi connectivity index (χ0v) is 22.2. The van der Waals surface area contributed by atoms with E-state index in [0.717, 1.165) is 49.4 Å². The number of hydrogen-bond donors (Lipinski definition) is 2. The molecule has 198 valence electrons. The second kappa shape index (κ2) is 15.9. The molecule has 0 unspecified atom stereocenters. The van der Waals surface area contributed by atoms with E-state index in [1.807, 2.05) is 48.7 Å². The van der Waals surface area contributed by atoms with Crippen LogP contribution in [0.4, 0.5) is 5.69 Å². The maximum Gasteiger partial charge on any atom is 0.223 e. The minimum atomic E-state index is -0.00390. The number of anilines is 1. The topological polar surface area (TPSA) is 116 Å². The third-order valence-corrected chi connectivity index (χ3v) is 5.81. The van der Waals surface area contributed by atoms with Gasteiger partial charge in [0, 0.05) is 32.6 Å². The smallest absolute Gasteiger partial charge is 0.223 e. The summed E-state index contributed by atoms with van der Waals surface area (Å²) in [6.45, 7) is 2.56. The number of nitrogens with two attached hydrogens (primary N) is 1. The van der Waals surface area contributed by atoms with Gasteiger partial charge < -0.3 is 25.4 Å². The lowest BCUT2D eigenvalue weighted by atomic mass is 10.1. The molecule has 9 nitrogen and oxygen atoms in total. The van der Waals surface area contributed by atoms with E-state index in [1.54, 1.807) is 26.4 Å². The second-order valence-electron chi connectivity index (χ2n) is 8.55. The standard InChI is InChI=1S/C28H38N6O3/c1-31-28(30)34(21-29)24-12-10-22(11-13-24)8-7-9-27(35)32-15-5-6-16-33(2)17-14-23-18-25(36-3)20-26(19-23)37-4/h7-8,10-13,18-20H,5-6,9,14-17H2,1-4H3,(H2,30,31)(H,32,35)/b8-7+. The highest BCUT2D eigenvalue weighted by Gasteiger charge is 2.09. The van der Waals surface area contributed by atoms with E-state index < -0.39 is 0 Å². The van der Waals surface area contributed by atoms with E-state index >= 15 is 0 Å². The van der Waals surface area contributed by atoms with Crippen LogP contribution in [0, 0.1) is 11.5 Å². The van der Waals surface area contributed by atoms with Gasteiger partial charge in [0.25, 0.3) is 0 Å². The Morgan fingerprint density at radius 2 is 1.78 bits per heavy atom. The fourth-order valence-corrected chi connectivity index (χ4v) is 3.63. The van der Waals surface area contributed by atoms with Crippen molar-refractivity contribution >= 4 is 23.6 Å². The summed E-state index contributed by atoms with van der Waals surface area (Å²) in [5, 5.41) is 12.2. The molecule has 2 rings (SSSR count). The Morgan fingerprint density at radius 3 is 2.38 bits per heavy atom. The molecule has 0 saturated heterocycles. The summed E-state index contributed by atoms with van der Waals surface area (Å²) in [5.74, 6) is 1.73. The van der Waals surface area contributed by atoms with Gasteiger partial charge in [0.15, 0.2) is 6.19 Å². The number of benzene rings is 2. The van der Waals surface area contributed by atoms with E-state index in [1.165, 1.54) is 17.5 Å². The molecule has 0 spiro atoms. The first kappa shape index (κ1) is 29.2. The monoisotopic (exact) mass is 506 g/mol. The van der Waals surface area contributed by atoms with Gasteiger partial charge in [0.05, 0.1) is 19.9 Å². The Balaban J connectivity index is 1.63. The van der Waals surface area contributed by atoms with Crippen LogP contribution in [0.1, 0.15) is 30.4 Å². The summed E-state index contributed by atoms with van der Waals surface area (Å²) < 4.78 is 10.7. The van der Waals surface area contributed by atoms with Gasteiger partial charge in [-0.2, -0.15) is 5.26 Å². The molecule has 0 aliphatic heterocycles. The number of nitriles is 1. The number of guanidine groups is 1. The summed E-state index contributed by atoms with van der Waals surface area (Å²) in [6.07, 6.45) is 8.86. The molecule has 0 aliphatic rings. The van der Waals surface area contributed by atoms with E-state index in [-0.39, 0.29) is 11.9 Å². The van der Waals surface area contributed by atoms with Gasteiger partial charge >= 0.3 is 0 Å². The van der Waals surface area contributed by atoms with Crippen molar-refractivity contribution in [1.29, 1.82) is 5.26 Å². The number of carbonyl (C=O) groups excluding carboxylic acids is 1. The highest BCUT2D eigenvalue weighted by Crippen LogP contribution is 2.23. The third-order valence-electron chi connectivity index (χ3n) is 5.81. The normalized spacial score (nSPS) is 11.4. The molecule has 0 heterocycles. The van der Waals surface area contributed by atoms with Crippen molar-refractivity contribution in [2.24, 2.45) is 10.7 Å². The minimum absolute atomic E-state index is 0.00390. The number of unbranched alkanes of at least 4 members (excludes halogenated alkanes) is 1. The largest absolute Gasteiger partial charge is 0.497 e. The number of methoxy groups -OCH3 is 2. The highest BCUT2D eigenvalue weighted by molar-refractivity contribution is 5.97. The molecule has 0 radical (unpaired) electrons. The zero-order chi connectivity index (χ0) is 27.0. The molecule has 1 amide bonds. The van der Waals surface area contributed by atoms with Crippen molar-refractivity contribution in [3.8, 4) is 17.7 Å². The Bertz CT molecular complexity index is 1070. The molecular formula is C28H38N6O3. The average Bonchev–Trinajstić information content (AvgIpc) is 2.92. The highest BCUT2D eigenvalue weighted by atomic mass is 16.5. The van der Waals surface area contributed by atoms with Crippen LogP contribution in [0.25, 0.3) is 6.08 Å². The molecule has 37 heavy (non-hydrogen) atoms. The molecule has 0 bridgehead atoms. The summed E-state index contributed by atoms with van der Waals surface area (Å²) >= 11 is 0. The first-order valence-corrected chi connectivity index (χ1v) is 12.3. The fraction of sp³-hybridized carbons (Fsp3) is 0.393. The predicted octanol–water partition coefficient (Wildman–Crippen LogP) is 3.41.